The Morgan fingerprint density at radius 1 is 0.130 bits per heavy atom. The second-order valence-electron chi connectivity index (χ2n) is 22.9. The molecule has 20 heteroatoms. The zero-order valence-corrected chi connectivity index (χ0v) is 50.7. The van der Waals surface area contributed by atoms with Crippen molar-refractivity contribution >= 4 is 92.2 Å². The first-order valence-electron chi connectivity index (χ1n) is 29.2. The smallest absolute Gasteiger partial charge is 0.193 e. The molecule has 0 amide bonds. The molecule has 0 saturated heterocycles. The van der Waals surface area contributed by atoms with E-state index in [1.807, 2.05) is 218 Å². The Balaban J connectivity index is 0.0000000826. The molecular weight excluding hydrogens is 1240 g/mol. The van der Waals surface area contributed by atoms with Crippen LogP contribution in [0.2, 0.25) is 0 Å². The summed E-state index contributed by atoms with van der Waals surface area (Å²) in [6.45, 7) is 0. The number of hydrogen-bond acceptors (Lipinski definition) is 16. The Morgan fingerprint density at radius 3 is 0.261 bits per heavy atom. The van der Waals surface area contributed by atoms with Gasteiger partial charge < -0.3 is 75.1 Å². The minimum atomic E-state index is -3.06. The van der Waals surface area contributed by atoms with E-state index in [0.29, 0.717) is 202 Å². The van der Waals surface area contributed by atoms with Crippen molar-refractivity contribution < 1.29 is 75.1 Å². The van der Waals surface area contributed by atoms with Crippen LogP contribution in [-0.4, -0.2) is 0 Å². The van der Waals surface area contributed by atoms with E-state index < -0.39 is 28.6 Å². The molecule has 92 heavy (non-hydrogen) atoms. The van der Waals surface area contributed by atoms with Crippen LogP contribution in [0.1, 0.15) is 0 Å². The highest BCUT2D eigenvalue weighted by molar-refractivity contribution is 7.88. The molecule has 0 aromatic heterocycles. The Labute approximate surface area is 521 Å². The number of rotatable bonds is 0. The van der Waals surface area contributed by atoms with Gasteiger partial charge in [0, 0.05) is 0 Å². The van der Waals surface area contributed by atoms with Gasteiger partial charge in [-0.15, -0.1) is 0 Å². The Hall–Kier alpha value is -10.8. The second-order valence-corrected chi connectivity index (χ2v) is 33.1. The van der Waals surface area contributed by atoms with Crippen LogP contribution in [-0.2, 0) is 18.3 Å². The number of benzene rings is 12. The van der Waals surface area contributed by atoms with Crippen molar-refractivity contribution in [3.05, 3.63) is 218 Å². The van der Waals surface area contributed by atoms with Crippen LogP contribution in [0, 0.1) is 0 Å². The lowest BCUT2D eigenvalue weighted by molar-refractivity contribution is 0.439. The van der Waals surface area contributed by atoms with Gasteiger partial charge in [0.15, 0.2) is 28.6 Å². The first-order valence-corrected chi connectivity index (χ1v) is 36.1. The summed E-state index contributed by atoms with van der Waals surface area (Å²) < 4.78 is 129. The molecule has 24 rings (SSSR count). The highest BCUT2D eigenvalue weighted by Crippen LogP contribution is 2.68. The minimum Gasteiger partial charge on any atom is -0.455 e. The molecule has 0 atom stereocenters. The number of hydrogen-bond donors (Lipinski definition) is 0. The van der Waals surface area contributed by atoms with Crippen LogP contribution < -0.4 is 120 Å². The SMILES string of the molecule is O=P12c3c4cccc3Oc3cccc(c31)Oc1cccc(c12)O4.O=P12c3c4cccc3Oc3cccc(c31)Oc1cccc(c12)O4.O=P12c3c4cccc3Oc3cccc(c31)Oc1cccc(c12)O4.O=P12c3c4cccc3Oc3cccc(c31)Oc1cccc(c12)O4. The molecule has 16 nitrogen and oxygen atoms in total. The molecule has 0 N–H and O–H groups in total. The summed E-state index contributed by atoms with van der Waals surface area (Å²) in [4.78, 5) is 0. The van der Waals surface area contributed by atoms with Gasteiger partial charge in [-0.3, -0.25) is 0 Å². The molecule has 0 saturated carbocycles. The molecule has 12 aromatic carbocycles. The molecule has 12 aliphatic heterocycles. The molecule has 0 spiro atoms. The van der Waals surface area contributed by atoms with E-state index in [-0.39, 0.29) is 0 Å². The van der Waals surface area contributed by atoms with Crippen molar-refractivity contribution in [3.8, 4) is 138 Å². The summed E-state index contributed by atoms with van der Waals surface area (Å²) in [6, 6.07) is 66.2. The van der Waals surface area contributed by atoms with Crippen molar-refractivity contribution in [3.63, 3.8) is 0 Å². The molecule has 0 bridgehead atoms. The molecular formula is C72H36O16P4. The molecule has 0 radical (unpaired) electrons. The maximum atomic E-state index is 14.4. The lowest BCUT2D eigenvalue weighted by Gasteiger charge is -2.38. The fourth-order valence-electron chi connectivity index (χ4n) is 14.5. The van der Waals surface area contributed by atoms with Crippen LogP contribution in [0.25, 0.3) is 0 Å². The summed E-state index contributed by atoms with van der Waals surface area (Å²) in [7, 11) is -12.2. The minimum absolute atomic E-state index is 0.595. The van der Waals surface area contributed by atoms with Crippen molar-refractivity contribution in [2.24, 2.45) is 0 Å². The van der Waals surface area contributed by atoms with Crippen molar-refractivity contribution in [1.82, 2.24) is 0 Å². The maximum Gasteiger partial charge on any atom is 0.193 e. The zero-order valence-electron chi connectivity index (χ0n) is 47.1. The lowest BCUT2D eigenvalue weighted by Crippen LogP contribution is -2.38. The third-order valence-corrected chi connectivity index (χ3v) is 30.8. The largest absolute Gasteiger partial charge is 0.455 e. The Kier molecular flexibility index (Phi) is 9.72. The van der Waals surface area contributed by atoms with Gasteiger partial charge in [-0.25, -0.2) is 0 Å². The Bertz CT molecular complexity index is 4250. The van der Waals surface area contributed by atoms with Gasteiger partial charge >= 0.3 is 0 Å². The summed E-state index contributed by atoms with van der Waals surface area (Å²) in [5.74, 6) is 14.3. The summed E-state index contributed by atoms with van der Waals surface area (Å²) in [6.07, 6.45) is 0. The first-order chi connectivity index (χ1) is 45.1. The molecule has 0 fully saturated rings. The quantitative estimate of drug-likeness (QED) is 0.131. The number of ether oxygens (including phenoxy) is 12. The fourth-order valence-corrected chi connectivity index (χ4v) is 27.5. The molecule has 0 aliphatic carbocycles. The second kappa shape index (κ2) is 17.6. The first kappa shape index (κ1) is 51.0. The van der Waals surface area contributed by atoms with Gasteiger partial charge in [-0.1, -0.05) is 72.8 Å². The maximum absolute atomic E-state index is 14.4. The molecule has 440 valence electrons. The molecule has 0 unspecified atom stereocenters. The monoisotopic (exact) mass is 1280 g/mol. The third-order valence-electron chi connectivity index (χ3n) is 18.0. The fraction of sp³-hybridized carbons (Fsp3) is 0. The topological polar surface area (TPSA) is 179 Å². The average Bonchev–Trinajstić information content (AvgIpc) is 0.712. The van der Waals surface area contributed by atoms with E-state index in [9.17, 15) is 18.3 Å². The summed E-state index contributed by atoms with van der Waals surface area (Å²) in [5, 5.41) is 7.70. The van der Waals surface area contributed by atoms with Gasteiger partial charge in [-0.2, -0.15) is 0 Å². The zero-order chi connectivity index (χ0) is 60.7. The third kappa shape index (κ3) is 6.30. The average molecular weight is 1280 g/mol. The van der Waals surface area contributed by atoms with Crippen molar-refractivity contribution in [2.45, 2.75) is 0 Å². The molecule has 12 aromatic rings. The van der Waals surface area contributed by atoms with Gasteiger partial charge in [-0.05, 0) is 146 Å². The van der Waals surface area contributed by atoms with Crippen LogP contribution >= 0.6 is 28.6 Å². The normalized spacial score (nSPS) is 16.5. The van der Waals surface area contributed by atoms with E-state index in [1.165, 1.54) is 0 Å². The Morgan fingerprint density at radius 2 is 0.196 bits per heavy atom. The van der Waals surface area contributed by atoms with Gasteiger partial charge in [0.2, 0.25) is 0 Å². The standard InChI is InChI=1S/4C18H9O4P/c4*19-23-16-10-4-1-5-11(16)21-13-7-3-9-15(18(13)23)22-14-8-2-6-12(20-10)17(14)23/h4*1-9H. The highest BCUT2D eigenvalue weighted by atomic mass is 31.2. The highest BCUT2D eigenvalue weighted by Gasteiger charge is 2.56. The lowest BCUT2D eigenvalue weighted by atomic mass is 10.2. The predicted molar refractivity (Wildman–Crippen MR) is 344 cm³/mol. The van der Waals surface area contributed by atoms with E-state index >= 15 is 0 Å². The van der Waals surface area contributed by atoms with Crippen LogP contribution in [0.15, 0.2) is 218 Å². The van der Waals surface area contributed by atoms with Gasteiger partial charge in [0.1, 0.15) is 202 Å². The molecule has 12 aliphatic rings. The van der Waals surface area contributed by atoms with Crippen molar-refractivity contribution in [2.75, 3.05) is 0 Å². The van der Waals surface area contributed by atoms with E-state index in [0.717, 1.165) is 0 Å². The van der Waals surface area contributed by atoms with E-state index in [2.05, 4.69) is 0 Å². The predicted octanol–water partition coefficient (Wildman–Crippen LogP) is 14.6. The summed E-state index contributed by atoms with van der Waals surface area (Å²) >= 11 is 0. The molecule has 12 heterocycles. The van der Waals surface area contributed by atoms with Crippen molar-refractivity contribution in [1.29, 1.82) is 0 Å². The van der Waals surface area contributed by atoms with Crippen LogP contribution in [0.5, 0.6) is 138 Å². The van der Waals surface area contributed by atoms with E-state index in [4.69, 9.17) is 56.8 Å². The van der Waals surface area contributed by atoms with Crippen LogP contribution in [0.3, 0.4) is 0 Å². The summed E-state index contributed by atoms with van der Waals surface area (Å²) in [5.41, 5.74) is 0. The van der Waals surface area contributed by atoms with Crippen LogP contribution in [0.4, 0.5) is 0 Å². The van der Waals surface area contributed by atoms with Gasteiger partial charge in [0.25, 0.3) is 0 Å². The van der Waals surface area contributed by atoms with E-state index in [1.54, 1.807) is 0 Å². The van der Waals surface area contributed by atoms with Gasteiger partial charge in [0.05, 0.1) is 0 Å².